The lowest BCUT2D eigenvalue weighted by Gasteiger charge is -1.94. The maximum Gasteiger partial charge on any atom is 0.194 e. The van der Waals surface area contributed by atoms with Gasteiger partial charge in [-0.3, -0.25) is 4.79 Å². The minimum absolute atomic E-state index is 0.0644. The van der Waals surface area contributed by atoms with Crippen LogP contribution < -0.4 is 11.2 Å². The maximum atomic E-state index is 11.7. The smallest absolute Gasteiger partial charge is 0.194 e. The van der Waals surface area contributed by atoms with Crippen LogP contribution in [0, 0.1) is 0 Å². The standard InChI is InChI=1S/C10H6N2O2S/c11-10-12-5-1-2-7-8(9(5)15-10)6(13)3-4-14-7/h1-4H,(H2,11,12). The molecule has 2 aromatic heterocycles. The molecule has 4 nitrogen and oxygen atoms in total. The lowest BCUT2D eigenvalue weighted by molar-refractivity contribution is 0.603. The summed E-state index contributed by atoms with van der Waals surface area (Å²) in [7, 11) is 0. The largest absolute Gasteiger partial charge is 0.464 e. The third-order valence-electron chi connectivity index (χ3n) is 2.20. The van der Waals surface area contributed by atoms with Crippen LogP contribution >= 0.6 is 11.3 Å². The number of hydrogen-bond acceptors (Lipinski definition) is 5. The third-order valence-corrected chi connectivity index (χ3v) is 3.11. The van der Waals surface area contributed by atoms with Crippen LogP contribution in [0.2, 0.25) is 0 Å². The van der Waals surface area contributed by atoms with E-state index in [1.54, 1.807) is 12.1 Å². The topological polar surface area (TPSA) is 69.1 Å². The van der Waals surface area contributed by atoms with Gasteiger partial charge in [0.05, 0.1) is 21.9 Å². The number of rotatable bonds is 0. The van der Waals surface area contributed by atoms with Crippen molar-refractivity contribution in [3.63, 3.8) is 0 Å². The molecule has 0 fully saturated rings. The number of fused-ring (bicyclic) bond motifs is 3. The first-order valence-corrected chi connectivity index (χ1v) is 5.14. The van der Waals surface area contributed by atoms with Gasteiger partial charge in [0.2, 0.25) is 0 Å². The Morgan fingerprint density at radius 1 is 1.33 bits per heavy atom. The first-order valence-electron chi connectivity index (χ1n) is 4.32. The quantitative estimate of drug-likeness (QED) is 0.626. The van der Waals surface area contributed by atoms with Gasteiger partial charge in [0.25, 0.3) is 0 Å². The first-order chi connectivity index (χ1) is 7.25. The fourth-order valence-electron chi connectivity index (χ4n) is 1.58. The molecule has 1 aromatic carbocycles. The average Bonchev–Trinajstić information content (AvgIpc) is 2.58. The van der Waals surface area contributed by atoms with Crippen LogP contribution in [0.1, 0.15) is 0 Å². The molecular formula is C10H6N2O2S. The molecule has 2 heterocycles. The summed E-state index contributed by atoms with van der Waals surface area (Å²) >= 11 is 1.30. The van der Waals surface area contributed by atoms with Crippen LogP contribution in [0.15, 0.2) is 33.7 Å². The second-order valence-corrected chi connectivity index (χ2v) is 4.15. The normalized spacial score (nSPS) is 11.2. The van der Waals surface area contributed by atoms with Crippen LogP contribution in [0.3, 0.4) is 0 Å². The Morgan fingerprint density at radius 3 is 3.07 bits per heavy atom. The Hall–Kier alpha value is -1.88. The summed E-state index contributed by atoms with van der Waals surface area (Å²) in [6.07, 6.45) is 1.39. The molecule has 0 bridgehead atoms. The number of nitrogen functional groups attached to an aromatic ring is 1. The molecule has 0 amide bonds. The van der Waals surface area contributed by atoms with Crippen molar-refractivity contribution in [2.24, 2.45) is 0 Å². The van der Waals surface area contributed by atoms with E-state index in [2.05, 4.69) is 4.98 Å². The SMILES string of the molecule is Nc1nc2ccc3occc(=O)c3c2s1. The predicted molar refractivity (Wildman–Crippen MR) is 60.1 cm³/mol. The van der Waals surface area contributed by atoms with Crippen LogP contribution in [-0.2, 0) is 0 Å². The van der Waals surface area contributed by atoms with Crippen molar-refractivity contribution in [1.29, 1.82) is 0 Å². The van der Waals surface area contributed by atoms with E-state index in [-0.39, 0.29) is 5.43 Å². The summed E-state index contributed by atoms with van der Waals surface area (Å²) < 4.78 is 6.04. The Bertz CT molecular complexity index is 714. The first kappa shape index (κ1) is 8.43. The maximum absolute atomic E-state index is 11.7. The van der Waals surface area contributed by atoms with Gasteiger partial charge in [0, 0.05) is 6.07 Å². The van der Waals surface area contributed by atoms with E-state index in [1.807, 2.05) is 0 Å². The molecular weight excluding hydrogens is 212 g/mol. The van der Waals surface area contributed by atoms with E-state index in [9.17, 15) is 4.79 Å². The predicted octanol–water partition coefficient (Wildman–Crippen LogP) is 1.98. The summed E-state index contributed by atoms with van der Waals surface area (Å²) in [6.45, 7) is 0. The number of anilines is 1. The van der Waals surface area contributed by atoms with E-state index < -0.39 is 0 Å². The van der Waals surface area contributed by atoms with Crippen molar-refractivity contribution >= 4 is 37.7 Å². The van der Waals surface area contributed by atoms with Gasteiger partial charge >= 0.3 is 0 Å². The molecule has 0 aliphatic carbocycles. The molecule has 74 valence electrons. The van der Waals surface area contributed by atoms with Crippen LogP contribution in [0.5, 0.6) is 0 Å². The summed E-state index contributed by atoms with van der Waals surface area (Å²) in [6, 6.07) is 4.93. The molecule has 0 aliphatic rings. The van der Waals surface area contributed by atoms with Crippen molar-refractivity contribution in [2.75, 3.05) is 5.73 Å². The summed E-state index contributed by atoms with van der Waals surface area (Å²) in [5, 5.41) is 1.02. The lowest BCUT2D eigenvalue weighted by Crippen LogP contribution is -1.97. The van der Waals surface area contributed by atoms with Gasteiger partial charge < -0.3 is 10.2 Å². The number of benzene rings is 1. The second kappa shape index (κ2) is 2.80. The van der Waals surface area contributed by atoms with Gasteiger partial charge in [-0.15, -0.1) is 0 Å². The highest BCUT2D eigenvalue weighted by molar-refractivity contribution is 7.22. The summed E-state index contributed by atoms with van der Waals surface area (Å²) in [5.41, 5.74) is 6.85. The van der Waals surface area contributed by atoms with Gasteiger partial charge in [0.1, 0.15) is 5.58 Å². The zero-order chi connectivity index (χ0) is 10.4. The van der Waals surface area contributed by atoms with E-state index >= 15 is 0 Å². The Kier molecular flexibility index (Phi) is 1.58. The Labute approximate surface area is 88.0 Å². The summed E-state index contributed by atoms with van der Waals surface area (Å²) in [4.78, 5) is 15.8. The molecule has 3 rings (SSSR count). The molecule has 15 heavy (non-hydrogen) atoms. The highest BCUT2D eigenvalue weighted by Crippen LogP contribution is 2.29. The van der Waals surface area contributed by atoms with Gasteiger partial charge in [0.15, 0.2) is 10.6 Å². The second-order valence-electron chi connectivity index (χ2n) is 3.12. The molecule has 0 radical (unpaired) electrons. The van der Waals surface area contributed by atoms with E-state index in [1.165, 1.54) is 23.7 Å². The number of aromatic nitrogens is 1. The molecule has 2 N–H and O–H groups in total. The Balaban J connectivity index is 2.69. The van der Waals surface area contributed by atoms with Gasteiger partial charge in [-0.05, 0) is 12.1 Å². The summed E-state index contributed by atoms with van der Waals surface area (Å²) in [5.74, 6) is 0. The van der Waals surface area contributed by atoms with Gasteiger partial charge in [-0.2, -0.15) is 0 Å². The molecule has 3 aromatic rings. The molecule has 0 saturated carbocycles. The van der Waals surface area contributed by atoms with E-state index in [0.29, 0.717) is 16.1 Å². The zero-order valence-electron chi connectivity index (χ0n) is 7.56. The fourth-order valence-corrected chi connectivity index (χ4v) is 2.45. The number of hydrogen-bond donors (Lipinski definition) is 1. The minimum Gasteiger partial charge on any atom is -0.464 e. The number of nitrogens with two attached hydrogens (primary N) is 1. The highest BCUT2D eigenvalue weighted by atomic mass is 32.1. The van der Waals surface area contributed by atoms with Crippen molar-refractivity contribution < 1.29 is 4.42 Å². The molecule has 5 heteroatoms. The van der Waals surface area contributed by atoms with Crippen LogP contribution in [0.4, 0.5) is 5.13 Å². The van der Waals surface area contributed by atoms with Gasteiger partial charge in [-0.25, -0.2) is 4.98 Å². The molecule has 0 spiro atoms. The van der Waals surface area contributed by atoms with E-state index in [0.717, 1.165) is 10.2 Å². The molecule has 0 atom stereocenters. The zero-order valence-corrected chi connectivity index (χ0v) is 8.38. The van der Waals surface area contributed by atoms with Crippen molar-refractivity contribution in [1.82, 2.24) is 4.98 Å². The lowest BCUT2D eigenvalue weighted by atomic mass is 10.2. The van der Waals surface area contributed by atoms with Crippen molar-refractivity contribution in [3.8, 4) is 0 Å². The third kappa shape index (κ3) is 1.13. The molecule has 0 unspecified atom stereocenters. The van der Waals surface area contributed by atoms with Gasteiger partial charge in [-0.1, -0.05) is 11.3 Å². The number of thiazole rings is 1. The highest BCUT2D eigenvalue weighted by Gasteiger charge is 2.09. The molecule has 0 aliphatic heterocycles. The molecule has 0 saturated heterocycles. The van der Waals surface area contributed by atoms with Crippen LogP contribution in [0.25, 0.3) is 21.2 Å². The van der Waals surface area contributed by atoms with Crippen molar-refractivity contribution in [2.45, 2.75) is 0 Å². The average molecular weight is 218 g/mol. The van der Waals surface area contributed by atoms with E-state index in [4.69, 9.17) is 10.2 Å². The monoisotopic (exact) mass is 218 g/mol. The Morgan fingerprint density at radius 2 is 2.20 bits per heavy atom. The van der Waals surface area contributed by atoms with Crippen LogP contribution in [-0.4, -0.2) is 4.98 Å². The minimum atomic E-state index is -0.0644. The number of nitrogens with zero attached hydrogens (tertiary/aromatic N) is 1. The van der Waals surface area contributed by atoms with Crippen molar-refractivity contribution in [3.05, 3.63) is 34.7 Å². The fraction of sp³-hybridized carbons (Fsp3) is 0.